The van der Waals surface area contributed by atoms with Gasteiger partial charge in [-0.2, -0.15) is 0 Å². The third-order valence-electron chi connectivity index (χ3n) is 10.7. The van der Waals surface area contributed by atoms with E-state index in [1.54, 1.807) is 0 Å². The van der Waals surface area contributed by atoms with E-state index in [1.807, 2.05) is 6.92 Å². The van der Waals surface area contributed by atoms with Crippen molar-refractivity contribution in [1.82, 2.24) is 0 Å². The molecule has 192 valence electrons. The van der Waals surface area contributed by atoms with Crippen LogP contribution in [0.2, 0.25) is 0 Å². The lowest BCUT2D eigenvalue weighted by Crippen LogP contribution is -2.64. The van der Waals surface area contributed by atoms with Crippen LogP contribution in [0.15, 0.2) is 12.2 Å². The van der Waals surface area contributed by atoms with E-state index in [2.05, 4.69) is 13.5 Å². The van der Waals surface area contributed by atoms with Crippen molar-refractivity contribution in [3.63, 3.8) is 0 Å². The first-order valence-electron chi connectivity index (χ1n) is 12.9. The minimum atomic E-state index is -1.62. The molecule has 0 aromatic carbocycles. The maximum absolute atomic E-state index is 13.7. The smallest absolute Gasteiger partial charge is 0.314 e. The van der Waals surface area contributed by atoms with Crippen LogP contribution in [0.25, 0.3) is 0 Å². The number of allylic oxidation sites excluding steroid dienone is 1. The number of esters is 1. The topological polar surface area (TPSA) is 137 Å². The number of aliphatic hydroxyl groups excluding tert-OH is 5. The van der Waals surface area contributed by atoms with Crippen molar-refractivity contribution in [3.8, 4) is 0 Å². The standard InChI is InChI=1S/C26H40O8/c1-13-10-26-11-14(13)5-6-16(26)24(2)7-4-8-25(3,17(24)9-18(26)28)23(32)34-22-21(31)20(30)19(29)15(12-27)33-22/h14-22,27-31H,1,4-12H2,2-3H3/t14-,15+,16-,17-,18-,19+,20-,21+,22-,24-,25+,26-/m0/s1. The van der Waals surface area contributed by atoms with Crippen LogP contribution in [0.3, 0.4) is 0 Å². The third kappa shape index (κ3) is 3.29. The fourth-order valence-corrected chi connectivity index (χ4v) is 8.91. The van der Waals surface area contributed by atoms with Gasteiger partial charge in [0.15, 0.2) is 0 Å². The minimum Gasteiger partial charge on any atom is -0.432 e. The molecule has 0 unspecified atom stereocenters. The van der Waals surface area contributed by atoms with Crippen molar-refractivity contribution in [2.45, 2.75) is 102 Å². The van der Waals surface area contributed by atoms with E-state index in [4.69, 9.17) is 9.47 Å². The monoisotopic (exact) mass is 480 g/mol. The SMILES string of the molecule is C=C1C[C@]23C[C@@H]1CC[C@H]2[C@]1(C)CCC[C@@](C)(C(=O)O[C@@H]2O[C@H](CO)[C@@H](O)[C@H](O)[C@H]2O)[C@H]1C[C@@H]3O. The fourth-order valence-electron chi connectivity index (χ4n) is 8.91. The number of ether oxygens (including phenoxy) is 2. The Kier molecular flexibility index (Phi) is 5.98. The average Bonchev–Trinajstić information content (AvgIpc) is 3.05. The molecule has 8 heteroatoms. The van der Waals surface area contributed by atoms with Crippen LogP contribution < -0.4 is 0 Å². The van der Waals surface area contributed by atoms with Gasteiger partial charge in [0.05, 0.1) is 18.1 Å². The van der Waals surface area contributed by atoms with Gasteiger partial charge >= 0.3 is 5.97 Å². The van der Waals surface area contributed by atoms with Crippen LogP contribution in [0.1, 0.15) is 65.2 Å². The van der Waals surface area contributed by atoms with Gasteiger partial charge in [-0.05, 0) is 75.0 Å². The lowest BCUT2D eigenvalue weighted by atomic mass is 9.40. The lowest BCUT2D eigenvalue weighted by Gasteiger charge is -2.65. The van der Waals surface area contributed by atoms with Crippen LogP contribution in [0.5, 0.6) is 0 Å². The van der Waals surface area contributed by atoms with Gasteiger partial charge < -0.3 is 35.0 Å². The van der Waals surface area contributed by atoms with Crippen LogP contribution >= 0.6 is 0 Å². The second kappa shape index (κ2) is 8.25. The minimum absolute atomic E-state index is 0.0952. The van der Waals surface area contributed by atoms with E-state index in [-0.39, 0.29) is 16.7 Å². The number of aliphatic hydroxyl groups is 5. The second-order valence-corrected chi connectivity index (χ2v) is 12.3. The predicted octanol–water partition coefficient (Wildman–Crippen LogP) is 1.27. The summed E-state index contributed by atoms with van der Waals surface area (Å²) in [5.74, 6) is 0.184. The van der Waals surface area contributed by atoms with Crippen molar-refractivity contribution in [1.29, 1.82) is 0 Å². The Balaban J connectivity index is 1.41. The molecular weight excluding hydrogens is 440 g/mol. The van der Waals surface area contributed by atoms with E-state index in [0.29, 0.717) is 24.7 Å². The molecule has 34 heavy (non-hydrogen) atoms. The van der Waals surface area contributed by atoms with Gasteiger partial charge in [0.1, 0.15) is 24.4 Å². The summed E-state index contributed by atoms with van der Waals surface area (Å²) in [4.78, 5) is 13.7. The highest BCUT2D eigenvalue weighted by molar-refractivity contribution is 5.77. The van der Waals surface area contributed by atoms with E-state index in [0.717, 1.165) is 38.5 Å². The van der Waals surface area contributed by atoms with E-state index in [1.165, 1.54) is 5.57 Å². The summed E-state index contributed by atoms with van der Waals surface area (Å²) >= 11 is 0. The van der Waals surface area contributed by atoms with Gasteiger partial charge in [-0.1, -0.05) is 25.5 Å². The highest BCUT2D eigenvalue weighted by Crippen LogP contribution is 2.72. The molecule has 8 nitrogen and oxygen atoms in total. The fraction of sp³-hybridized carbons (Fsp3) is 0.885. The Morgan fingerprint density at radius 1 is 1.09 bits per heavy atom. The predicted molar refractivity (Wildman–Crippen MR) is 121 cm³/mol. The molecule has 0 amide bonds. The molecule has 5 N–H and O–H groups in total. The first-order chi connectivity index (χ1) is 16.0. The Morgan fingerprint density at radius 2 is 1.82 bits per heavy atom. The zero-order valence-electron chi connectivity index (χ0n) is 20.2. The first kappa shape index (κ1) is 24.7. The van der Waals surface area contributed by atoms with Crippen molar-refractivity contribution in [3.05, 3.63) is 12.2 Å². The number of hydrogen-bond donors (Lipinski definition) is 5. The van der Waals surface area contributed by atoms with Crippen molar-refractivity contribution in [2.24, 2.45) is 34.0 Å². The van der Waals surface area contributed by atoms with Crippen molar-refractivity contribution < 1.29 is 39.8 Å². The van der Waals surface area contributed by atoms with Crippen molar-refractivity contribution >= 4 is 5.97 Å². The van der Waals surface area contributed by atoms with Gasteiger partial charge in [0.25, 0.3) is 0 Å². The quantitative estimate of drug-likeness (QED) is 0.301. The number of fused-ring (bicyclic) bond motifs is 3. The molecule has 12 atom stereocenters. The molecule has 1 aliphatic heterocycles. The summed E-state index contributed by atoms with van der Waals surface area (Å²) in [5, 5.41) is 51.5. The lowest BCUT2D eigenvalue weighted by molar-refractivity contribution is -0.298. The Hall–Kier alpha value is -1.03. The molecule has 4 aliphatic carbocycles. The molecule has 1 saturated heterocycles. The van der Waals surface area contributed by atoms with Gasteiger partial charge in [-0.3, -0.25) is 4.79 Å². The molecule has 4 saturated carbocycles. The summed E-state index contributed by atoms with van der Waals surface area (Å²) < 4.78 is 11.1. The number of carbonyl (C=O) groups is 1. The molecule has 1 spiro atoms. The second-order valence-electron chi connectivity index (χ2n) is 12.3. The normalized spacial score (nSPS) is 54.8. The molecule has 5 fully saturated rings. The van der Waals surface area contributed by atoms with Crippen molar-refractivity contribution in [2.75, 3.05) is 6.61 Å². The summed E-state index contributed by atoms with van der Waals surface area (Å²) in [5.41, 5.74) is 0.103. The van der Waals surface area contributed by atoms with E-state index in [9.17, 15) is 30.3 Å². The molecule has 1 heterocycles. The summed E-state index contributed by atoms with van der Waals surface area (Å²) in [6, 6.07) is 0. The highest BCUT2D eigenvalue weighted by atomic mass is 16.7. The maximum Gasteiger partial charge on any atom is 0.314 e. The number of carbonyl (C=O) groups excluding carboxylic acids is 1. The molecule has 2 bridgehead atoms. The van der Waals surface area contributed by atoms with Gasteiger partial charge in [0.2, 0.25) is 6.29 Å². The zero-order chi connectivity index (χ0) is 24.6. The van der Waals surface area contributed by atoms with Crippen LogP contribution in [-0.2, 0) is 14.3 Å². The molecular formula is C26H40O8. The van der Waals surface area contributed by atoms with Gasteiger partial charge in [-0.15, -0.1) is 0 Å². The Bertz CT molecular complexity index is 845. The number of hydrogen-bond acceptors (Lipinski definition) is 8. The van der Waals surface area contributed by atoms with Gasteiger partial charge in [-0.25, -0.2) is 0 Å². The molecule has 0 aromatic heterocycles. The van der Waals surface area contributed by atoms with Crippen LogP contribution in [0, 0.1) is 34.0 Å². The summed E-state index contributed by atoms with van der Waals surface area (Å²) in [6.07, 6.45) is -0.892. The Labute approximate surface area is 201 Å². The van der Waals surface area contributed by atoms with E-state index >= 15 is 0 Å². The Morgan fingerprint density at radius 3 is 2.53 bits per heavy atom. The largest absolute Gasteiger partial charge is 0.432 e. The summed E-state index contributed by atoms with van der Waals surface area (Å²) in [6.45, 7) is 7.92. The molecule has 5 aliphatic rings. The average molecular weight is 481 g/mol. The zero-order valence-corrected chi connectivity index (χ0v) is 20.2. The third-order valence-corrected chi connectivity index (χ3v) is 10.7. The molecule has 0 radical (unpaired) electrons. The van der Waals surface area contributed by atoms with Crippen LogP contribution in [-0.4, -0.2) is 74.9 Å². The highest BCUT2D eigenvalue weighted by Gasteiger charge is 2.68. The first-order valence-corrected chi connectivity index (χ1v) is 12.9. The maximum atomic E-state index is 13.7. The molecule has 5 rings (SSSR count). The van der Waals surface area contributed by atoms with Gasteiger partial charge in [0, 0.05) is 5.41 Å². The number of rotatable bonds is 3. The summed E-state index contributed by atoms with van der Waals surface area (Å²) in [7, 11) is 0. The molecule has 0 aromatic rings. The van der Waals surface area contributed by atoms with E-state index < -0.39 is 54.8 Å². The van der Waals surface area contributed by atoms with Crippen LogP contribution in [0.4, 0.5) is 0 Å².